The second kappa shape index (κ2) is 6.44. The fourth-order valence-electron chi connectivity index (χ4n) is 2.41. The van der Waals surface area contributed by atoms with E-state index in [4.69, 9.17) is 0 Å². The number of hydrogen-bond donors (Lipinski definition) is 1. The molecular formula is C16H20N4OS. The third-order valence-electron chi connectivity index (χ3n) is 4.03. The smallest absolute Gasteiger partial charge is 0.162 e. The first-order valence-corrected chi connectivity index (χ1v) is 8.46. The average molecular weight is 316 g/mol. The second-order valence-electron chi connectivity index (χ2n) is 5.49. The normalized spacial score (nSPS) is 16.0. The maximum atomic E-state index is 11.4. The maximum Gasteiger partial charge on any atom is 0.162 e. The van der Waals surface area contributed by atoms with Gasteiger partial charge in [-0.15, -0.1) is 11.3 Å². The molecule has 1 fully saturated rings. The first-order valence-electron chi connectivity index (χ1n) is 7.64. The summed E-state index contributed by atoms with van der Waals surface area (Å²) in [4.78, 5) is 24.1. The van der Waals surface area contributed by atoms with Gasteiger partial charge < -0.3 is 10.2 Å². The molecule has 2 aromatic heterocycles. The van der Waals surface area contributed by atoms with Crippen molar-refractivity contribution in [2.75, 3.05) is 23.3 Å². The number of rotatable bonds is 6. The minimum atomic E-state index is 0.269. The van der Waals surface area contributed by atoms with Gasteiger partial charge >= 0.3 is 0 Å². The van der Waals surface area contributed by atoms with Gasteiger partial charge in [-0.25, -0.2) is 4.98 Å². The Labute approximate surface area is 134 Å². The molecule has 116 valence electrons. The van der Waals surface area contributed by atoms with Gasteiger partial charge in [0.25, 0.3) is 0 Å². The predicted molar refractivity (Wildman–Crippen MR) is 93.7 cm³/mol. The number of hydrogen-bond acceptors (Lipinski definition) is 5. The van der Waals surface area contributed by atoms with E-state index in [0.717, 1.165) is 47.4 Å². The molecule has 0 spiro atoms. The van der Waals surface area contributed by atoms with Crippen LogP contribution in [0, 0.1) is 0 Å². The summed E-state index contributed by atoms with van der Waals surface area (Å²) in [7, 11) is 0. The molecule has 1 unspecified atom stereocenters. The van der Waals surface area contributed by atoms with Crippen LogP contribution in [0.4, 0.5) is 11.4 Å². The zero-order valence-corrected chi connectivity index (χ0v) is 13.7. The van der Waals surface area contributed by atoms with Crippen molar-refractivity contribution in [3.05, 3.63) is 17.1 Å². The van der Waals surface area contributed by atoms with E-state index in [9.17, 15) is 4.79 Å². The fourth-order valence-corrected chi connectivity index (χ4v) is 3.35. The molecule has 0 bridgehead atoms. The minimum Gasteiger partial charge on any atom is -0.371 e. The Balaban J connectivity index is 2.02. The Kier molecular flexibility index (Phi) is 4.38. The zero-order valence-electron chi connectivity index (χ0n) is 12.9. The van der Waals surface area contributed by atoms with Gasteiger partial charge in [-0.05, 0) is 25.8 Å². The topological polar surface area (TPSA) is 57.6 Å². The molecule has 0 radical (unpaired) electrons. The molecule has 1 saturated heterocycles. The summed E-state index contributed by atoms with van der Waals surface area (Å²) in [6.07, 6.45) is 6.62. The summed E-state index contributed by atoms with van der Waals surface area (Å²) < 4.78 is 0. The highest BCUT2D eigenvalue weighted by Gasteiger charge is 2.22. The molecule has 0 aromatic carbocycles. The van der Waals surface area contributed by atoms with E-state index in [1.54, 1.807) is 6.34 Å². The molecule has 5 nitrogen and oxygen atoms in total. The van der Waals surface area contributed by atoms with Crippen molar-refractivity contribution in [3.63, 3.8) is 0 Å². The number of carbonyl (C=O) groups is 1. The van der Waals surface area contributed by atoms with Gasteiger partial charge in [-0.3, -0.25) is 9.79 Å². The first kappa shape index (κ1) is 15.0. The van der Waals surface area contributed by atoms with Crippen LogP contribution in [0.3, 0.4) is 0 Å². The molecule has 1 aliphatic rings. The van der Waals surface area contributed by atoms with Crippen LogP contribution in [-0.4, -0.2) is 36.7 Å². The molecule has 1 N–H and O–H groups in total. The molecular weight excluding hydrogens is 296 g/mol. The third-order valence-corrected chi connectivity index (χ3v) is 5.05. The first-order chi connectivity index (χ1) is 10.7. The Bertz CT molecular complexity index is 705. The average Bonchev–Trinajstić information content (AvgIpc) is 2.84. The van der Waals surface area contributed by atoms with Crippen molar-refractivity contribution < 1.29 is 4.79 Å². The lowest BCUT2D eigenvalue weighted by atomic mass is 10.1. The SMILES string of the molecule is CCC(C)N=CNc1c(C=O)sc2nccc(N3CCC3)c12. The van der Waals surface area contributed by atoms with Crippen LogP contribution in [-0.2, 0) is 0 Å². The number of nitrogens with one attached hydrogen (secondary N) is 1. The third kappa shape index (κ3) is 2.70. The second-order valence-corrected chi connectivity index (χ2v) is 6.52. The zero-order chi connectivity index (χ0) is 15.5. The molecule has 22 heavy (non-hydrogen) atoms. The molecule has 3 rings (SSSR count). The molecule has 0 aliphatic carbocycles. The van der Waals surface area contributed by atoms with Crippen LogP contribution in [0.1, 0.15) is 36.4 Å². The summed E-state index contributed by atoms with van der Waals surface area (Å²) in [6.45, 7) is 6.29. The monoisotopic (exact) mass is 316 g/mol. The minimum absolute atomic E-state index is 0.269. The Hall–Kier alpha value is -1.95. The van der Waals surface area contributed by atoms with Gasteiger partial charge in [0.15, 0.2) is 6.29 Å². The number of nitrogens with zero attached hydrogens (tertiary/aromatic N) is 3. The van der Waals surface area contributed by atoms with Gasteiger partial charge in [0.2, 0.25) is 0 Å². The highest BCUT2D eigenvalue weighted by atomic mass is 32.1. The highest BCUT2D eigenvalue weighted by molar-refractivity contribution is 7.21. The lowest BCUT2D eigenvalue weighted by Gasteiger charge is -2.33. The fraction of sp³-hybridized carbons (Fsp3) is 0.438. The number of anilines is 2. The van der Waals surface area contributed by atoms with Crippen LogP contribution < -0.4 is 10.2 Å². The Morgan fingerprint density at radius 3 is 3.00 bits per heavy atom. The van der Waals surface area contributed by atoms with E-state index in [2.05, 4.69) is 34.0 Å². The predicted octanol–water partition coefficient (Wildman–Crippen LogP) is 3.56. The Morgan fingerprint density at radius 1 is 1.55 bits per heavy atom. The number of thiophene rings is 1. The van der Waals surface area contributed by atoms with Crippen LogP contribution in [0.15, 0.2) is 17.3 Å². The summed E-state index contributed by atoms with van der Waals surface area (Å²) in [6, 6.07) is 2.30. The summed E-state index contributed by atoms with van der Waals surface area (Å²) in [5, 5.41) is 4.25. The van der Waals surface area contributed by atoms with Crippen molar-refractivity contribution in [2.45, 2.75) is 32.7 Å². The van der Waals surface area contributed by atoms with Crippen molar-refractivity contribution in [3.8, 4) is 0 Å². The van der Waals surface area contributed by atoms with Gasteiger partial charge in [0, 0.05) is 25.3 Å². The number of pyridine rings is 1. The quantitative estimate of drug-likeness (QED) is 0.503. The number of carbonyl (C=O) groups excluding carboxylic acids is 1. The van der Waals surface area contributed by atoms with Crippen molar-refractivity contribution in [2.24, 2.45) is 4.99 Å². The van der Waals surface area contributed by atoms with E-state index in [1.807, 2.05) is 12.3 Å². The van der Waals surface area contributed by atoms with Crippen LogP contribution in [0.5, 0.6) is 0 Å². The van der Waals surface area contributed by atoms with Crippen LogP contribution >= 0.6 is 11.3 Å². The van der Waals surface area contributed by atoms with Crippen LogP contribution in [0.25, 0.3) is 10.2 Å². The molecule has 1 atom stereocenters. The van der Waals surface area contributed by atoms with Crippen LogP contribution in [0.2, 0.25) is 0 Å². The lowest BCUT2D eigenvalue weighted by molar-refractivity contribution is 0.112. The standard InChI is InChI=1S/C16H20N4OS/c1-3-11(2)18-10-19-15-13(9-21)22-16-14(15)12(5-6-17-16)20-7-4-8-20/h5-6,9-11H,3-4,7-8H2,1-2H3,(H,18,19). The molecule has 3 heterocycles. The van der Waals surface area contributed by atoms with Crippen molar-refractivity contribution >= 4 is 45.6 Å². The van der Waals surface area contributed by atoms with Gasteiger partial charge in [0.1, 0.15) is 4.83 Å². The lowest BCUT2D eigenvalue weighted by Crippen LogP contribution is -2.37. The van der Waals surface area contributed by atoms with E-state index < -0.39 is 0 Å². The number of aliphatic imine (C=N–C) groups is 1. The summed E-state index contributed by atoms with van der Waals surface area (Å²) in [5.74, 6) is 0. The van der Waals surface area contributed by atoms with Gasteiger partial charge in [0.05, 0.1) is 28.0 Å². The molecule has 0 amide bonds. The van der Waals surface area contributed by atoms with Gasteiger partial charge in [-0.2, -0.15) is 0 Å². The van der Waals surface area contributed by atoms with E-state index in [0.29, 0.717) is 4.88 Å². The van der Waals surface area contributed by atoms with Crippen molar-refractivity contribution in [1.82, 2.24) is 4.98 Å². The summed E-state index contributed by atoms with van der Waals surface area (Å²) in [5.41, 5.74) is 1.98. The maximum absolute atomic E-state index is 11.4. The van der Waals surface area contributed by atoms with E-state index in [-0.39, 0.29) is 6.04 Å². The van der Waals surface area contributed by atoms with E-state index in [1.165, 1.54) is 17.8 Å². The largest absolute Gasteiger partial charge is 0.371 e. The Morgan fingerprint density at radius 2 is 2.36 bits per heavy atom. The molecule has 6 heteroatoms. The molecule has 1 aliphatic heterocycles. The molecule has 2 aromatic rings. The number of aldehydes is 1. The highest BCUT2D eigenvalue weighted by Crippen LogP contribution is 2.40. The van der Waals surface area contributed by atoms with E-state index >= 15 is 0 Å². The van der Waals surface area contributed by atoms with Gasteiger partial charge in [-0.1, -0.05) is 6.92 Å². The van der Waals surface area contributed by atoms with Crippen molar-refractivity contribution in [1.29, 1.82) is 0 Å². The number of fused-ring (bicyclic) bond motifs is 1. The summed E-state index contributed by atoms with van der Waals surface area (Å²) >= 11 is 1.42. The molecule has 0 saturated carbocycles. The number of aromatic nitrogens is 1.